The van der Waals surface area contributed by atoms with Crippen LogP contribution in [0.15, 0.2) is 12.2 Å². The smallest absolute Gasteiger partial charge is 0.250 e. The van der Waals surface area contributed by atoms with E-state index in [0.29, 0.717) is 5.13 Å². The zero-order chi connectivity index (χ0) is 12.7. The summed E-state index contributed by atoms with van der Waals surface area (Å²) in [5.41, 5.74) is 4.86. The predicted molar refractivity (Wildman–Crippen MR) is 65.5 cm³/mol. The van der Waals surface area contributed by atoms with Gasteiger partial charge in [-0.2, -0.15) is 0 Å². The number of hydrogen-bond donors (Lipinski definition) is 2. The molecule has 0 aromatic carbocycles. The van der Waals surface area contributed by atoms with Crippen molar-refractivity contribution in [3.63, 3.8) is 0 Å². The SMILES string of the molecule is CCCCc1nnc(NC(=O)/C=C/C(N)=O)s1. The molecule has 0 radical (unpaired) electrons. The highest BCUT2D eigenvalue weighted by molar-refractivity contribution is 7.15. The number of primary amides is 1. The summed E-state index contributed by atoms with van der Waals surface area (Å²) in [5, 5.41) is 11.6. The van der Waals surface area contributed by atoms with Crippen LogP contribution in [0.1, 0.15) is 24.8 Å². The van der Waals surface area contributed by atoms with Crippen LogP contribution in [0.25, 0.3) is 0 Å². The molecule has 0 saturated heterocycles. The number of aryl methyl sites for hydroxylation is 1. The van der Waals surface area contributed by atoms with E-state index >= 15 is 0 Å². The quantitative estimate of drug-likeness (QED) is 0.735. The number of anilines is 1. The molecule has 6 nitrogen and oxygen atoms in total. The highest BCUT2D eigenvalue weighted by Gasteiger charge is 2.05. The number of unbranched alkanes of at least 4 members (excludes halogenated alkanes) is 1. The summed E-state index contributed by atoms with van der Waals surface area (Å²) in [6, 6.07) is 0. The molecule has 2 amide bonds. The van der Waals surface area contributed by atoms with Crippen LogP contribution in [0.3, 0.4) is 0 Å². The lowest BCUT2D eigenvalue weighted by Crippen LogP contribution is -2.11. The first kappa shape index (κ1) is 13.3. The van der Waals surface area contributed by atoms with E-state index in [0.717, 1.165) is 36.4 Å². The van der Waals surface area contributed by atoms with E-state index in [2.05, 4.69) is 22.4 Å². The number of nitrogens with two attached hydrogens (primary N) is 1. The van der Waals surface area contributed by atoms with Crippen LogP contribution in [0.2, 0.25) is 0 Å². The van der Waals surface area contributed by atoms with Gasteiger partial charge in [0.05, 0.1) is 0 Å². The van der Waals surface area contributed by atoms with E-state index in [4.69, 9.17) is 5.73 Å². The van der Waals surface area contributed by atoms with Crippen LogP contribution in [-0.2, 0) is 16.0 Å². The molecule has 3 N–H and O–H groups in total. The molecule has 17 heavy (non-hydrogen) atoms. The van der Waals surface area contributed by atoms with Crippen molar-refractivity contribution in [3.8, 4) is 0 Å². The zero-order valence-corrected chi connectivity index (χ0v) is 10.3. The lowest BCUT2D eigenvalue weighted by Gasteiger charge is -1.93. The second kappa shape index (κ2) is 6.74. The summed E-state index contributed by atoms with van der Waals surface area (Å²) < 4.78 is 0. The third-order valence-electron chi connectivity index (χ3n) is 1.84. The highest BCUT2D eigenvalue weighted by Crippen LogP contribution is 2.16. The summed E-state index contributed by atoms with van der Waals surface area (Å²) in [5.74, 6) is -1.11. The van der Waals surface area contributed by atoms with Gasteiger partial charge >= 0.3 is 0 Å². The van der Waals surface area contributed by atoms with E-state index in [1.165, 1.54) is 11.3 Å². The first-order chi connectivity index (χ1) is 8.11. The predicted octanol–water partition coefficient (Wildman–Crippen LogP) is 0.861. The van der Waals surface area contributed by atoms with Crippen molar-refractivity contribution >= 4 is 28.3 Å². The maximum atomic E-state index is 11.3. The van der Waals surface area contributed by atoms with Gasteiger partial charge in [0.25, 0.3) is 0 Å². The summed E-state index contributed by atoms with van der Waals surface area (Å²) in [6.45, 7) is 2.10. The molecule has 1 heterocycles. The van der Waals surface area contributed by atoms with Crippen LogP contribution in [-0.4, -0.2) is 22.0 Å². The van der Waals surface area contributed by atoms with Gasteiger partial charge in [0, 0.05) is 18.6 Å². The standard InChI is InChI=1S/C10H14N4O2S/c1-2-3-4-9-13-14-10(17-9)12-8(16)6-5-7(11)15/h5-6H,2-4H2,1H3,(H2,11,15)(H,12,14,16)/b6-5+. The largest absolute Gasteiger partial charge is 0.366 e. The molecule has 0 aliphatic carbocycles. The fourth-order valence-corrected chi connectivity index (χ4v) is 1.82. The van der Waals surface area contributed by atoms with E-state index in [-0.39, 0.29) is 0 Å². The summed E-state index contributed by atoms with van der Waals surface area (Å²) >= 11 is 1.33. The summed E-state index contributed by atoms with van der Waals surface area (Å²) in [7, 11) is 0. The second-order valence-electron chi connectivity index (χ2n) is 3.33. The van der Waals surface area contributed by atoms with E-state index in [1.807, 2.05) is 0 Å². The monoisotopic (exact) mass is 254 g/mol. The molecule has 0 bridgehead atoms. The van der Waals surface area contributed by atoms with Gasteiger partial charge in [-0.15, -0.1) is 10.2 Å². The molecule has 0 aliphatic heterocycles. The Bertz CT molecular complexity index is 428. The number of amides is 2. The third-order valence-corrected chi connectivity index (χ3v) is 2.74. The number of aromatic nitrogens is 2. The molecular formula is C10H14N4O2S. The van der Waals surface area contributed by atoms with Crippen molar-refractivity contribution in [1.82, 2.24) is 10.2 Å². The number of nitrogens with zero attached hydrogens (tertiary/aromatic N) is 2. The zero-order valence-electron chi connectivity index (χ0n) is 9.47. The lowest BCUT2D eigenvalue weighted by atomic mass is 10.3. The summed E-state index contributed by atoms with van der Waals surface area (Å²) in [4.78, 5) is 21.7. The maximum absolute atomic E-state index is 11.3. The molecule has 0 aliphatic rings. The van der Waals surface area contributed by atoms with Crippen molar-refractivity contribution in [2.24, 2.45) is 5.73 Å². The molecule has 0 atom stereocenters. The number of rotatable bonds is 6. The van der Waals surface area contributed by atoms with E-state index in [1.54, 1.807) is 0 Å². The van der Waals surface area contributed by atoms with Gasteiger partial charge in [0.15, 0.2) is 0 Å². The van der Waals surface area contributed by atoms with Gasteiger partial charge in [-0.25, -0.2) is 0 Å². The first-order valence-corrected chi connectivity index (χ1v) is 6.04. The maximum Gasteiger partial charge on any atom is 0.250 e. The van der Waals surface area contributed by atoms with Crippen molar-refractivity contribution in [2.75, 3.05) is 5.32 Å². The Labute approximate surface area is 103 Å². The molecule has 0 fully saturated rings. The normalized spacial score (nSPS) is 10.6. The highest BCUT2D eigenvalue weighted by atomic mass is 32.1. The van der Waals surface area contributed by atoms with Crippen LogP contribution >= 0.6 is 11.3 Å². The van der Waals surface area contributed by atoms with Crippen LogP contribution < -0.4 is 11.1 Å². The Balaban J connectivity index is 2.48. The molecule has 92 valence electrons. The van der Waals surface area contributed by atoms with E-state index < -0.39 is 11.8 Å². The molecule has 1 rings (SSSR count). The molecular weight excluding hydrogens is 240 g/mol. The van der Waals surface area contributed by atoms with Crippen molar-refractivity contribution < 1.29 is 9.59 Å². The minimum Gasteiger partial charge on any atom is -0.366 e. The molecule has 0 unspecified atom stereocenters. The van der Waals surface area contributed by atoms with Crippen LogP contribution in [0.4, 0.5) is 5.13 Å². The summed E-state index contributed by atoms with van der Waals surface area (Å²) in [6.07, 6.45) is 5.05. The van der Waals surface area contributed by atoms with Gasteiger partial charge in [0.1, 0.15) is 5.01 Å². The van der Waals surface area contributed by atoms with Gasteiger partial charge in [-0.1, -0.05) is 24.7 Å². The van der Waals surface area contributed by atoms with Gasteiger partial charge in [0.2, 0.25) is 16.9 Å². The number of hydrogen-bond acceptors (Lipinski definition) is 5. The third kappa shape index (κ3) is 5.21. The lowest BCUT2D eigenvalue weighted by molar-refractivity contribution is -0.115. The Morgan fingerprint density at radius 3 is 2.82 bits per heavy atom. The minimum absolute atomic E-state index is 0.426. The first-order valence-electron chi connectivity index (χ1n) is 5.22. The molecule has 7 heteroatoms. The number of carbonyl (C=O) groups is 2. The average molecular weight is 254 g/mol. The van der Waals surface area contributed by atoms with Gasteiger partial charge in [-0.05, 0) is 6.42 Å². The van der Waals surface area contributed by atoms with Crippen LogP contribution in [0, 0.1) is 0 Å². The fraction of sp³-hybridized carbons (Fsp3) is 0.400. The van der Waals surface area contributed by atoms with Crippen molar-refractivity contribution in [1.29, 1.82) is 0 Å². The van der Waals surface area contributed by atoms with Gasteiger partial charge < -0.3 is 5.73 Å². The Morgan fingerprint density at radius 1 is 1.41 bits per heavy atom. The Kier molecular flexibility index (Phi) is 5.28. The average Bonchev–Trinajstić information content (AvgIpc) is 2.71. The Hall–Kier alpha value is -1.76. The van der Waals surface area contributed by atoms with Crippen LogP contribution in [0.5, 0.6) is 0 Å². The number of nitrogens with one attached hydrogen (secondary N) is 1. The Morgan fingerprint density at radius 2 is 2.18 bits per heavy atom. The van der Waals surface area contributed by atoms with E-state index in [9.17, 15) is 9.59 Å². The second-order valence-corrected chi connectivity index (χ2v) is 4.39. The topological polar surface area (TPSA) is 98.0 Å². The molecule has 1 aromatic heterocycles. The minimum atomic E-state index is -0.666. The number of carbonyl (C=O) groups excluding carboxylic acids is 2. The van der Waals surface area contributed by atoms with Crippen molar-refractivity contribution in [3.05, 3.63) is 17.2 Å². The van der Waals surface area contributed by atoms with Gasteiger partial charge in [-0.3, -0.25) is 14.9 Å². The molecule has 0 saturated carbocycles. The molecule has 1 aromatic rings. The molecule has 0 spiro atoms. The fourth-order valence-electron chi connectivity index (χ4n) is 1.04. The van der Waals surface area contributed by atoms with Crippen molar-refractivity contribution in [2.45, 2.75) is 26.2 Å².